The normalized spacial score (nSPS) is 11.6. The molecule has 6 heteroatoms. The van der Waals surface area contributed by atoms with Crippen molar-refractivity contribution in [2.75, 3.05) is 18.5 Å². The van der Waals surface area contributed by atoms with Crippen LogP contribution in [0.5, 0.6) is 5.75 Å². The van der Waals surface area contributed by atoms with E-state index in [-0.39, 0.29) is 6.61 Å². The van der Waals surface area contributed by atoms with E-state index in [1.807, 2.05) is 13.8 Å². The average molecular weight is 280 g/mol. The van der Waals surface area contributed by atoms with Crippen molar-refractivity contribution in [1.82, 2.24) is 5.32 Å². The van der Waals surface area contributed by atoms with Gasteiger partial charge in [0.25, 0.3) is 0 Å². The Morgan fingerprint density at radius 2 is 1.95 bits per heavy atom. The first-order valence-electron chi connectivity index (χ1n) is 6.56. The molecule has 0 aliphatic carbocycles. The zero-order chi connectivity index (χ0) is 15.0. The van der Waals surface area contributed by atoms with Crippen molar-refractivity contribution in [2.24, 2.45) is 0 Å². The summed E-state index contributed by atoms with van der Waals surface area (Å²) in [7, 11) is 0. The predicted molar refractivity (Wildman–Crippen MR) is 75.5 cm³/mol. The number of aliphatic hydroxyl groups excluding tert-OH is 1. The lowest BCUT2D eigenvalue weighted by Gasteiger charge is -2.14. The molecule has 0 spiro atoms. The Bertz CT molecular complexity index is 458. The number of carbonyl (C=O) groups excluding carboxylic acids is 2. The van der Waals surface area contributed by atoms with Gasteiger partial charge in [-0.3, -0.25) is 9.59 Å². The summed E-state index contributed by atoms with van der Waals surface area (Å²) < 4.78 is 5.35. The lowest BCUT2D eigenvalue weighted by Crippen LogP contribution is -2.43. The molecule has 0 aromatic heterocycles. The maximum atomic E-state index is 11.8. The summed E-state index contributed by atoms with van der Waals surface area (Å²) >= 11 is 0. The summed E-state index contributed by atoms with van der Waals surface area (Å²) in [5.74, 6) is -1.06. The molecule has 0 aliphatic heterocycles. The molecule has 0 aliphatic rings. The van der Waals surface area contributed by atoms with E-state index < -0.39 is 17.9 Å². The molecule has 0 saturated carbocycles. The molecule has 2 amide bonds. The first-order valence-corrected chi connectivity index (χ1v) is 6.56. The van der Waals surface area contributed by atoms with Crippen molar-refractivity contribution in [3.63, 3.8) is 0 Å². The van der Waals surface area contributed by atoms with E-state index in [0.29, 0.717) is 24.5 Å². The van der Waals surface area contributed by atoms with Gasteiger partial charge in [-0.25, -0.2) is 0 Å². The highest BCUT2D eigenvalue weighted by Crippen LogP contribution is 2.23. The molecule has 0 saturated heterocycles. The largest absolute Gasteiger partial charge is 0.492 e. The van der Waals surface area contributed by atoms with Crippen molar-refractivity contribution in [3.8, 4) is 5.75 Å². The molecular formula is C14H20N2O4. The van der Waals surface area contributed by atoms with E-state index in [9.17, 15) is 9.59 Å². The molecule has 1 aromatic rings. The SMILES string of the molecule is CCOc1ccccc1NC(=O)C(=O)NC(CC)CO. The zero-order valence-electron chi connectivity index (χ0n) is 11.7. The standard InChI is InChI=1S/C14H20N2O4/c1-3-10(9-17)15-13(18)14(19)16-11-7-5-6-8-12(11)20-4-2/h5-8,10,17H,3-4,9H2,1-2H3,(H,15,18)(H,16,19). The van der Waals surface area contributed by atoms with E-state index >= 15 is 0 Å². The Morgan fingerprint density at radius 3 is 2.55 bits per heavy atom. The third-order valence-corrected chi connectivity index (χ3v) is 2.69. The Balaban J connectivity index is 2.68. The number of carbonyl (C=O) groups is 2. The Hall–Kier alpha value is -2.08. The lowest BCUT2D eigenvalue weighted by atomic mass is 10.2. The number of para-hydroxylation sites is 2. The maximum absolute atomic E-state index is 11.8. The van der Waals surface area contributed by atoms with E-state index in [2.05, 4.69) is 10.6 Å². The summed E-state index contributed by atoms with van der Waals surface area (Å²) in [6, 6.07) is 6.45. The van der Waals surface area contributed by atoms with Crippen molar-refractivity contribution in [1.29, 1.82) is 0 Å². The highest BCUT2D eigenvalue weighted by molar-refractivity contribution is 6.39. The summed E-state index contributed by atoms with van der Waals surface area (Å²) in [5.41, 5.74) is 0.437. The van der Waals surface area contributed by atoms with Gasteiger partial charge in [0.2, 0.25) is 0 Å². The van der Waals surface area contributed by atoms with Crippen molar-refractivity contribution in [2.45, 2.75) is 26.3 Å². The van der Waals surface area contributed by atoms with Crippen LogP contribution in [0, 0.1) is 0 Å². The number of anilines is 1. The lowest BCUT2D eigenvalue weighted by molar-refractivity contribution is -0.136. The Morgan fingerprint density at radius 1 is 1.25 bits per heavy atom. The number of rotatable bonds is 6. The molecule has 1 rings (SSSR count). The van der Waals surface area contributed by atoms with Crippen LogP contribution < -0.4 is 15.4 Å². The molecular weight excluding hydrogens is 260 g/mol. The summed E-state index contributed by atoms with van der Waals surface area (Å²) in [6.07, 6.45) is 0.547. The van der Waals surface area contributed by atoms with Gasteiger partial charge in [-0.1, -0.05) is 19.1 Å². The van der Waals surface area contributed by atoms with Crippen LogP contribution in [0.2, 0.25) is 0 Å². The third-order valence-electron chi connectivity index (χ3n) is 2.69. The number of ether oxygens (including phenoxy) is 1. The molecule has 6 nitrogen and oxygen atoms in total. The van der Waals surface area contributed by atoms with Crippen LogP contribution in [-0.4, -0.2) is 36.2 Å². The maximum Gasteiger partial charge on any atom is 0.313 e. The van der Waals surface area contributed by atoms with E-state index in [1.165, 1.54) is 0 Å². The van der Waals surface area contributed by atoms with Gasteiger partial charge < -0.3 is 20.5 Å². The fraction of sp³-hybridized carbons (Fsp3) is 0.429. The summed E-state index contributed by atoms with van der Waals surface area (Å²) in [4.78, 5) is 23.4. The predicted octanol–water partition coefficient (Wildman–Crippen LogP) is 0.911. The number of amides is 2. The quantitative estimate of drug-likeness (QED) is 0.676. The Kier molecular flexibility index (Phi) is 6.52. The molecule has 0 radical (unpaired) electrons. The Labute approximate surface area is 118 Å². The van der Waals surface area contributed by atoms with Gasteiger partial charge in [-0.05, 0) is 25.5 Å². The van der Waals surface area contributed by atoms with Crippen molar-refractivity contribution >= 4 is 17.5 Å². The molecule has 0 heterocycles. The van der Waals surface area contributed by atoms with Crippen LogP contribution in [0.25, 0.3) is 0 Å². The van der Waals surface area contributed by atoms with E-state index in [1.54, 1.807) is 24.3 Å². The van der Waals surface area contributed by atoms with Crippen LogP contribution in [0.4, 0.5) is 5.69 Å². The van der Waals surface area contributed by atoms with Gasteiger partial charge >= 0.3 is 11.8 Å². The van der Waals surface area contributed by atoms with Crippen molar-refractivity contribution < 1.29 is 19.4 Å². The molecule has 0 bridgehead atoms. The molecule has 3 N–H and O–H groups in total. The van der Waals surface area contributed by atoms with Gasteiger partial charge in [-0.15, -0.1) is 0 Å². The smallest absolute Gasteiger partial charge is 0.313 e. The number of benzene rings is 1. The molecule has 0 fully saturated rings. The summed E-state index contributed by atoms with van der Waals surface area (Å²) in [5, 5.41) is 13.9. The van der Waals surface area contributed by atoms with Gasteiger partial charge in [0.15, 0.2) is 0 Å². The van der Waals surface area contributed by atoms with Gasteiger partial charge in [0.05, 0.1) is 24.9 Å². The third kappa shape index (κ3) is 4.55. The molecule has 1 aromatic carbocycles. The zero-order valence-corrected chi connectivity index (χ0v) is 11.7. The monoisotopic (exact) mass is 280 g/mol. The van der Waals surface area contributed by atoms with Crippen LogP contribution in [-0.2, 0) is 9.59 Å². The molecule has 1 atom stereocenters. The van der Waals surface area contributed by atoms with Crippen molar-refractivity contribution in [3.05, 3.63) is 24.3 Å². The fourth-order valence-corrected chi connectivity index (χ4v) is 1.56. The minimum Gasteiger partial charge on any atom is -0.492 e. The van der Waals surface area contributed by atoms with E-state index in [4.69, 9.17) is 9.84 Å². The van der Waals surface area contributed by atoms with E-state index in [0.717, 1.165) is 0 Å². The van der Waals surface area contributed by atoms with Crippen LogP contribution in [0.15, 0.2) is 24.3 Å². The second-order valence-electron chi connectivity index (χ2n) is 4.14. The molecule has 20 heavy (non-hydrogen) atoms. The first-order chi connectivity index (χ1) is 9.62. The minimum absolute atomic E-state index is 0.203. The highest BCUT2D eigenvalue weighted by Gasteiger charge is 2.18. The topological polar surface area (TPSA) is 87.7 Å². The minimum atomic E-state index is -0.788. The summed E-state index contributed by atoms with van der Waals surface area (Å²) in [6.45, 7) is 3.90. The second-order valence-corrected chi connectivity index (χ2v) is 4.14. The second kappa shape index (κ2) is 8.16. The molecule has 1 unspecified atom stereocenters. The number of aliphatic hydroxyl groups is 1. The number of hydrogen-bond acceptors (Lipinski definition) is 4. The fourth-order valence-electron chi connectivity index (χ4n) is 1.56. The van der Waals surface area contributed by atoms with Gasteiger partial charge in [0, 0.05) is 0 Å². The number of hydrogen-bond donors (Lipinski definition) is 3. The van der Waals surface area contributed by atoms with Gasteiger partial charge in [-0.2, -0.15) is 0 Å². The van der Waals surface area contributed by atoms with Crippen LogP contribution in [0.3, 0.4) is 0 Å². The molecule has 110 valence electrons. The first kappa shape index (κ1) is 16.0. The average Bonchev–Trinajstić information content (AvgIpc) is 2.46. The van der Waals surface area contributed by atoms with Crippen LogP contribution in [0.1, 0.15) is 20.3 Å². The highest BCUT2D eigenvalue weighted by atomic mass is 16.5. The van der Waals surface area contributed by atoms with Crippen LogP contribution >= 0.6 is 0 Å². The van der Waals surface area contributed by atoms with Gasteiger partial charge in [0.1, 0.15) is 5.75 Å². The number of nitrogens with one attached hydrogen (secondary N) is 2.